The fraction of sp³-hybridized carbons (Fsp3) is 0.194. The van der Waals surface area contributed by atoms with Crippen LogP contribution in [0.5, 0.6) is 0 Å². The molecule has 164 valence electrons. The highest BCUT2D eigenvalue weighted by atomic mass is 14.9. The molecule has 7 rings (SSSR count). The van der Waals surface area contributed by atoms with Gasteiger partial charge in [-0.25, -0.2) is 0 Å². The summed E-state index contributed by atoms with van der Waals surface area (Å²) in [6, 6.07) is 21.9. The molecule has 0 aliphatic heterocycles. The molecule has 0 aliphatic rings. The van der Waals surface area contributed by atoms with Crippen molar-refractivity contribution in [3.05, 3.63) is 71.8 Å². The third kappa shape index (κ3) is 2.71. The number of pyridine rings is 2. The monoisotopic (exact) mass is 446 g/mol. The van der Waals surface area contributed by atoms with Crippen LogP contribution in [0.15, 0.2) is 60.7 Å². The Balaban J connectivity index is 1.90. The van der Waals surface area contributed by atoms with Crippen molar-refractivity contribution < 1.29 is 0 Å². The Labute approximate surface area is 207 Å². The van der Waals surface area contributed by atoms with E-state index in [-0.39, 0.29) is 5.41 Å². The van der Waals surface area contributed by atoms with E-state index in [0.717, 1.165) is 28.1 Å². The van der Waals surface area contributed by atoms with Crippen molar-refractivity contribution in [1.29, 1.82) is 0 Å². The Morgan fingerprint density at radius 3 is 2.29 bits per heavy atom. The van der Waals surface area contributed by atoms with Crippen molar-refractivity contribution in [3.63, 3.8) is 0 Å². The molecular weight excluding hydrogens is 422 g/mol. The van der Waals surface area contributed by atoms with Gasteiger partial charge in [0, 0.05) is 21.5 Å². The van der Waals surface area contributed by atoms with Gasteiger partial charge in [-0.1, -0.05) is 74.8 Å². The lowest BCUT2D eigenvalue weighted by molar-refractivity contribution is 0.413. The van der Waals surface area contributed by atoms with Crippen LogP contribution >= 0.6 is 0 Å². The first-order chi connectivity index (χ1) is 16.7. The van der Waals surface area contributed by atoms with E-state index in [1.807, 2.05) is 0 Å². The molecule has 0 saturated heterocycles. The van der Waals surface area contributed by atoms with Crippen molar-refractivity contribution in [2.45, 2.75) is 34.1 Å². The summed E-state index contributed by atoms with van der Waals surface area (Å²) in [6.45, 7) is 9.09. The van der Waals surface area contributed by atoms with Gasteiger partial charge in [-0.15, -0.1) is 0 Å². The van der Waals surface area contributed by atoms with Gasteiger partial charge < -0.3 is 4.40 Å². The second-order valence-corrected chi connectivity index (χ2v) is 11.2. The Morgan fingerprint density at radius 2 is 1.51 bits per heavy atom. The first-order valence-electron chi connectivity index (χ1n) is 12.2. The van der Waals surface area contributed by atoms with Crippen molar-refractivity contribution in [2.24, 2.45) is 5.41 Å². The number of fused-ring (bicyclic) bond motifs is 7. The fourth-order valence-corrected chi connectivity index (χ4v) is 6.20. The van der Waals surface area contributed by atoms with Crippen LogP contribution in [0.25, 0.3) is 59.8 Å². The number of para-hydroxylation sites is 1. The van der Waals surface area contributed by atoms with Gasteiger partial charge in [0.05, 0.1) is 22.1 Å². The predicted molar refractivity (Wildman–Crippen MR) is 153 cm³/mol. The molecule has 0 amide bonds. The average Bonchev–Trinajstić information content (AvgIpc) is 3.16. The second-order valence-electron chi connectivity index (χ2n) is 11.2. The van der Waals surface area contributed by atoms with Crippen LogP contribution in [0, 0.1) is 12.3 Å². The number of aromatic nitrogens is 2. The minimum atomic E-state index is 0.119. The third-order valence-corrected chi connectivity index (χ3v) is 7.53. The van der Waals surface area contributed by atoms with E-state index in [4.69, 9.17) is 20.7 Å². The molecule has 35 heavy (non-hydrogen) atoms. The van der Waals surface area contributed by atoms with Gasteiger partial charge in [0.2, 0.25) is 0 Å². The summed E-state index contributed by atoms with van der Waals surface area (Å²) >= 11 is 0. The fourth-order valence-electron chi connectivity index (χ4n) is 6.20. The summed E-state index contributed by atoms with van der Waals surface area (Å²) in [7, 11) is 13.1. The van der Waals surface area contributed by atoms with E-state index >= 15 is 0 Å². The molecule has 7 aromatic rings. The molecule has 4 heteroatoms. The van der Waals surface area contributed by atoms with Gasteiger partial charge >= 0.3 is 0 Å². The van der Waals surface area contributed by atoms with Crippen LogP contribution in [-0.4, -0.2) is 25.1 Å². The summed E-state index contributed by atoms with van der Waals surface area (Å²) in [5, 5.41) is 8.23. The van der Waals surface area contributed by atoms with E-state index in [1.54, 1.807) is 0 Å². The summed E-state index contributed by atoms with van der Waals surface area (Å²) < 4.78 is 2.46. The van der Waals surface area contributed by atoms with Crippen LogP contribution in [0.3, 0.4) is 0 Å². The maximum Gasteiger partial charge on any atom is 0.140 e. The minimum absolute atomic E-state index is 0.119. The molecular formula is C31H24B2N2. The maximum atomic E-state index is 6.62. The lowest BCUT2D eigenvalue weighted by Gasteiger charge is -2.22. The summed E-state index contributed by atoms with van der Waals surface area (Å²) in [5.74, 6) is 0. The van der Waals surface area contributed by atoms with Crippen molar-refractivity contribution in [2.75, 3.05) is 0 Å². The van der Waals surface area contributed by atoms with Gasteiger partial charge in [-0.05, 0) is 63.8 Å². The average molecular weight is 446 g/mol. The maximum absolute atomic E-state index is 6.62. The number of benzene rings is 4. The molecule has 0 aliphatic carbocycles. The zero-order valence-electron chi connectivity index (χ0n) is 20.5. The molecule has 4 aromatic carbocycles. The van der Waals surface area contributed by atoms with Crippen molar-refractivity contribution in [3.8, 4) is 0 Å². The Bertz CT molecular complexity index is 1990. The molecule has 3 aromatic heterocycles. The Hall–Kier alpha value is -3.52. The van der Waals surface area contributed by atoms with Gasteiger partial charge in [-0.2, -0.15) is 0 Å². The molecule has 2 nitrogen and oxygen atoms in total. The van der Waals surface area contributed by atoms with Crippen LogP contribution in [0.4, 0.5) is 0 Å². The number of hydrogen-bond acceptors (Lipinski definition) is 1. The van der Waals surface area contributed by atoms with Gasteiger partial charge in [0.25, 0.3) is 0 Å². The van der Waals surface area contributed by atoms with E-state index in [0.29, 0.717) is 11.1 Å². The molecule has 0 saturated carbocycles. The highest BCUT2D eigenvalue weighted by Crippen LogP contribution is 2.44. The smallest absolute Gasteiger partial charge is 0.140 e. The molecule has 3 heterocycles. The van der Waals surface area contributed by atoms with E-state index in [9.17, 15) is 0 Å². The minimum Gasteiger partial charge on any atom is -0.308 e. The van der Waals surface area contributed by atoms with Gasteiger partial charge in [0.1, 0.15) is 15.7 Å². The predicted octanol–water partition coefficient (Wildman–Crippen LogP) is 6.02. The van der Waals surface area contributed by atoms with E-state index in [2.05, 4.69) is 92.8 Å². The standard InChI is InChI=1S/C31H24B2N2/c1-16-19-10-6-5-9-17(19)13-22-27-25-21(26(32)30(33)34-27)14-18(15-31(2,3)4)24-20-11-7-8-12-23(20)35(28(16)22)29(24)25/h5-14H,15H2,1-4H3. The molecule has 0 unspecified atom stereocenters. The van der Waals surface area contributed by atoms with Crippen LogP contribution in [-0.2, 0) is 6.42 Å². The van der Waals surface area contributed by atoms with Crippen LogP contribution in [0.1, 0.15) is 31.9 Å². The second kappa shape index (κ2) is 6.79. The van der Waals surface area contributed by atoms with Gasteiger partial charge in [0.15, 0.2) is 0 Å². The highest BCUT2D eigenvalue weighted by Gasteiger charge is 2.25. The highest BCUT2D eigenvalue weighted by molar-refractivity contribution is 6.53. The third-order valence-electron chi connectivity index (χ3n) is 7.53. The summed E-state index contributed by atoms with van der Waals surface area (Å²) in [4.78, 5) is 4.92. The zero-order chi connectivity index (χ0) is 24.2. The quantitative estimate of drug-likeness (QED) is 0.171. The number of nitrogens with zero attached hydrogens (tertiary/aromatic N) is 2. The Kier molecular flexibility index (Phi) is 4.04. The first-order valence-corrected chi connectivity index (χ1v) is 12.2. The van der Waals surface area contributed by atoms with E-state index in [1.165, 1.54) is 49.2 Å². The lowest BCUT2D eigenvalue weighted by Crippen LogP contribution is -2.30. The van der Waals surface area contributed by atoms with Gasteiger partial charge in [-0.3, -0.25) is 4.98 Å². The number of aryl methyl sites for hydroxylation is 1. The molecule has 0 atom stereocenters. The van der Waals surface area contributed by atoms with Crippen LogP contribution < -0.4 is 11.1 Å². The SMILES string of the molecule is [B]c1nc2c3cc4ccccc4c(C)c3n3c4ccccc4c4c(CC(C)(C)C)cc(c1[B])c2c43. The number of rotatable bonds is 1. The Morgan fingerprint density at radius 1 is 0.800 bits per heavy atom. The first kappa shape index (κ1) is 20.8. The van der Waals surface area contributed by atoms with Crippen LogP contribution in [0.2, 0.25) is 0 Å². The lowest BCUT2D eigenvalue weighted by atomic mass is 9.78. The molecule has 4 radical (unpaired) electrons. The van der Waals surface area contributed by atoms with E-state index < -0.39 is 0 Å². The van der Waals surface area contributed by atoms with Crippen molar-refractivity contribution >= 4 is 86.5 Å². The molecule has 0 bridgehead atoms. The molecule has 0 fully saturated rings. The van der Waals surface area contributed by atoms with Crippen molar-refractivity contribution in [1.82, 2.24) is 9.38 Å². The normalized spacial score (nSPS) is 12.9. The summed E-state index contributed by atoms with van der Waals surface area (Å²) in [5.41, 5.74) is 8.17. The zero-order valence-corrected chi connectivity index (χ0v) is 20.5. The number of hydrogen-bond donors (Lipinski definition) is 0. The molecule has 0 N–H and O–H groups in total. The molecule has 0 spiro atoms. The summed E-state index contributed by atoms with van der Waals surface area (Å²) in [6.07, 6.45) is 0.939. The topological polar surface area (TPSA) is 17.3 Å². The largest absolute Gasteiger partial charge is 0.308 e.